The van der Waals surface area contributed by atoms with E-state index in [9.17, 15) is 4.79 Å². The maximum absolute atomic E-state index is 12.4. The summed E-state index contributed by atoms with van der Waals surface area (Å²) in [5.74, 6) is 0.333. The van der Waals surface area contributed by atoms with Crippen LogP contribution in [-0.2, 0) is 0 Å². The lowest BCUT2D eigenvalue weighted by Gasteiger charge is -2.07. The van der Waals surface area contributed by atoms with E-state index in [0.29, 0.717) is 27.2 Å². The molecular weight excluding hydrogens is 336 g/mol. The Balaban J connectivity index is 1.82. The van der Waals surface area contributed by atoms with E-state index in [4.69, 9.17) is 16.1 Å². The lowest BCUT2D eigenvalue weighted by atomic mass is 10.3. The zero-order valence-electron chi connectivity index (χ0n) is 12.4. The van der Waals surface area contributed by atoms with Crippen LogP contribution >= 0.6 is 22.9 Å². The van der Waals surface area contributed by atoms with Gasteiger partial charge in [0.05, 0.1) is 5.51 Å². The summed E-state index contributed by atoms with van der Waals surface area (Å²) in [5.41, 5.74) is 3.98. The molecule has 0 saturated carbocycles. The Morgan fingerprint density at radius 1 is 1.35 bits per heavy atom. The molecule has 8 heteroatoms. The molecule has 0 aliphatic carbocycles. The first kappa shape index (κ1) is 15.5. The van der Waals surface area contributed by atoms with Crippen molar-refractivity contribution in [2.24, 2.45) is 0 Å². The largest absolute Gasteiger partial charge is 0.359 e. The highest BCUT2D eigenvalue weighted by Gasteiger charge is 2.18. The van der Waals surface area contributed by atoms with Crippen molar-refractivity contribution in [3.05, 3.63) is 51.9 Å². The van der Waals surface area contributed by atoms with E-state index in [1.807, 2.05) is 6.92 Å². The van der Waals surface area contributed by atoms with Gasteiger partial charge in [0.2, 0.25) is 0 Å². The predicted octanol–water partition coefficient (Wildman–Crippen LogP) is 4.40. The zero-order valence-corrected chi connectivity index (χ0v) is 14.0. The highest BCUT2D eigenvalue weighted by atomic mass is 35.5. The van der Waals surface area contributed by atoms with Crippen LogP contribution < -0.4 is 10.6 Å². The number of benzene rings is 1. The van der Waals surface area contributed by atoms with Crippen LogP contribution in [0, 0.1) is 13.8 Å². The molecule has 0 bridgehead atoms. The molecule has 3 aromatic rings. The number of nitrogens with zero attached hydrogens (tertiary/aromatic N) is 2. The molecule has 0 aliphatic rings. The van der Waals surface area contributed by atoms with Crippen molar-refractivity contribution in [3.63, 3.8) is 0 Å². The summed E-state index contributed by atoms with van der Waals surface area (Å²) in [4.78, 5) is 16.6. The van der Waals surface area contributed by atoms with Crippen LogP contribution in [0.15, 0.2) is 34.3 Å². The average molecular weight is 349 g/mol. The molecule has 0 fully saturated rings. The van der Waals surface area contributed by atoms with E-state index in [1.54, 1.807) is 36.7 Å². The van der Waals surface area contributed by atoms with Crippen LogP contribution in [0.1, 0.15) is 21.9 Å². The Hall–Kier alpha value is -2.38. The highest BCUT2D eigenvalue weighted by Crippen LogP contribution is 2.29. The number of halogens is 1. The third-order valence-corrected chi connectivity index (χ3v) is 4.11. The second kappa shape index (κ2) is 6.39. The maximum Gasteiger partial charge on any atom is 0.277 e. The first-order valence-electron chi connectivity index (χ1n) is 6.75. The summed E-state index contributed by atoms with van der Waals surface area (Å²) in [5, 5.41) is 11.0. The normalized spacial score (nSPS) is 10.6. The fraction of sp³-hybridized carbons (Fsp3) is 0.133. The molecule has 1 aromatic carbocycles. The van der Waals surface area contributed by atoms with Gasteiger partial charge in [0.1, 0.15) is 16.4 Å². The number of carbonyl (C=O) groups excluding carboxylic acids is 1. The number of aryl methyl sites for hydroxylation is 2. The van der Waals surface area contributed by atoms with Crippen LogP contribution in [0.3, 0.4) is 0 Å². The third kappa shape index (κ3) is 3.35. The van der Waals surface area contributed by atoms with E-state index >= 15 is 0 Å². The van der Waals surface area contributed by atoms with E-state index in [-0.39, 0.29) is 5.91 Å². The van der Waals surface area contributed by atoms with Gasteiger partial charge in [0, 0.05) is 10.7 Å². The molecule has 0 atom stereocenters. The second-order valence-corrected chi connectivity index (χ2v) is 6.11. The molecule has 6 nitrogen and oxygen atoms in total. The van der Waals surface area contributed by atoms with Gasteiger partial charge in [-0.1, -0.05) is 22.8 Å². The summed E-state index contributed by atoms with van der Waals surface area (Å²) >= 11 is 7.25. The Labute approximate surface area is 141 Å². The quantitative estimate of drug-likeness (QED) is 0.730. The molecule has 2 N–H and O–H groups in total. The zero-order chi connectivity index (χ0) is 16.4. The Kier molecular flexibility index (Phi) is 4.31. The Bertz CT molecular complexity index is 839. The molecule has 0 unspecified atom stereocenters. The van der Waals surface area contributed by atoms with Gasteiger partial charge in [0.25, 0.3) is 5.91 Å². The summed E-state index contributed by atoms with van der Waals surface area (Å²) in [6, 6.07) is 6.94. The predicted molar refractivity (Wildman–Crippen MR) is 90.8 cm³/mol. The molecule has 2 aromatic heterocycles. The monoisotopic (exact) mass is 348 g/mol. The molecule has 0 spiro atoms. The van der Waals surface area contributed by atoms with Crippen LogP contribution in [0.2, 0.25) is 5.02 Å². The fourth-order valence-electron chi connectivity index (χ4n) is 2.03. The lowest BCUT2D eigenvalue weighted by molar-refractivity contribution is 0.102. The number of carbonyl (C=O) groups is 1. The van der Waals surface area contributed by atoms with Crippen LogP contribution in [0.5, 0.6) is 0 Å². The van der Waals surface area contributed by atoms with Crippen molar-refractivity contribution in [2.45, 2.75) is 13.8 Å². The van der Waals surface area contributed by atoms with E-state index in [0.717, 1.165) is 11.4 Å². The minimum atomic E-state index is -0.317. The molecule has 0 saturated heterocycles. The maximum atomic E-state index is 12.4. The number of hydrogen-bond acceptors (Lipinski definition) is 6. The van der Waals surface area contributed by atoms with Crippen LogP contribution in [0.4, 0.5) is 16.4 Å². The fourth-order valence-corrected chi connectivity index (χ4v) is 2.90. The van der Waals surface area contributed by atoms with Crippen molar-refractivity contribution >= 4 is 45.2 Å². The molecule has 3 rings (SSSR count). The van der Waals surface area contributed by atoms with Crippen LogP contribution in [0.25, 0.3) is 0 Å². The molecule has 118 valence electrons. The van der Waals surface area contributed by atoms with Gasteiger partial charge in [-0.15, -0.1) is 11.3 Å². The first-order chi connectivity index (χ1) is 11.0. The minimum Gasteiger partial charge on any atom is -0.359 e. The van der Waals surface area contributed by atoms with Gasteiger partial charge in [-0.05, 0) is 32.0 Å². The molecule has 1 amide bonds. The number of rotatable bonds is 4. The van der Waals surface area contributed by atoms with Crippen LogP contribution in [-0.4, -0.2) is 16.0 Å². The lowest BCUT2D eigenvalue weighted by Crippen LogP contribution is -2.14. The third-order valence-electron chi connectivity index (χ3n) is 3.14. The number of anilines is 3. The van der Waals surface area contributed by atoms with Gasteiger partial charge in [-0.25, -0.2) is 4.98 Å². The Morgan fingerprint density at radius 3 is 2.87 bits per heavy atom. The number of aromatic nitrogens is 2. The van der Waals surface area contributed by atoms with Gasteiger partial charge in [0.15, 0.2) is 11.5 Å². The number of amides is 1. The molecule has 0 aliphatic heterocycles. The SMILES string of the molecule is Cc1noc(C)c1Nc1scnc1C(=O)Nc1cccc(Cl)c1. The Morgan fingerprint density at radius 2 is 2.17 bits per heavy atom. The summed E-state index contributed by atoms with van der Waals surface area (Å²) < 4.78 is 5.11. The number of nitrogens with one attached hydrogen (secondary N) is 2. The van der Waals surface area contributed by atoms with E-state index in [1.165, 1.54) is 11.3 Å². The molecule has 0 radical (unpaired) electrons. The standard InChI is InChI=1S/C15H13ClN4O2S/c1-8-12(9(2)22-20-8)19-15-13(17-7-23-15)14(21)18-11-5-3-4-10(16)6-11/h3-7,19H,1-2H3,(H,18,21). The van der Waals surface area contributed by atoms with Crippen molar-refractivity contribution < 1.29 is 9.32 Å². The number of thiazole rings is 1. The number of hydrogen-bond donors (Lipinski definition) is 2. The molecule has 2 heterocycles. The summed E-state index contributed by atoms with van der Waals surface area (Å²) in [7, 11) is 0. The second-order valence-electron chi connectivity index (χ2n) is 4.82. The minimum absolute atomic E-state index is 0.301. The first-order valence-corrected chi connectivity index (χ1v) is 8.00. The summed E-state index contributed by atoms with van der Waals surface area (Å²) in [6.07, 6.45) is 0. The van der Waals surface area contributed by atoms with Gasteiger partial charge < -0.3 is 15.2 Å². The van der Waals surface area contributed by atoms with Crippen molar-refractivity contribution in [1.29, 1.82) is 0 Å². The molecular formula is C15H13ClN4O2S. The van der Waals surface area contributed by atoms with Crippen molar-refractivity contribution in [2.75, 3.05) is 10.6 Å². The highest BCUT2D eigenvalue weighted by molar-refractivity contribution is 7.14. The smallest absolute Gasteiger partial charge is 0.277 e. The van der Waals surface area contributed by atoms with Gasteiger partial charge in [-0.3, -0.25) is 4.79 Å². The van der Waals surface area contributed by atoms with Crippen molar-refractivity contribution in [1.82, 2.24) is 10.1 Å². The molecule has 23 heavy (non-hydrogen) atoms. The average Bonchev–Trinajstić information content (AvgIpc) is 3.09. The van der Waals surface area contributed by atoms with E-state index < -0.39 is 0 Å². The van der Waals surface area contributed by atoms with E-state index in [2.05, 4.69) is 20.8 Å². The van der Waals surface area contributed by atoms with Gasteiger partial charge >= 0.3 is 0 Å². The topological polar surface area (TPSA) is 80.1 Å². The van der Waals surface area contributed by atoms with Gasteiger partial charge in [-0.2, -0.15) is 0 Å². The van der Waals surface area contributed by atoms with Crippen molar-refractivity contribution in [3.8, 4) is 0 Å². The summed E-state index contributed by atoms with van der Waals surface area (Å²) in [6.45, 7) is 3.63.